The molecular weight excluding hydrogens is 464 g/mol. The van der Waals surface area contributed by atoms with Crippen LogP contribution in [0.1, 0.15) is 11.3 Å². The second-order valence-electron chi connectivity index (χ2n) is 6.89. The lowest BCUT2D eigenvalue weighted by molar-refractivity contribution is -0.123. The Balaban J connectivity index is 1.37. The minimum absolute atomic E-state index is 0.0400. The highest BCUT2D eigenvalue weighted by Crippen LogP contribution is 2.39. The molecule has 2 aromatic carbocycles. The summed E-state index contributed by atoms with van der Waals surface area (Å²) in [6.07, 6.45) is 1.40. The van der Waals surface area contributed by atoms with E-state index in [9.17, 15) is 18.4 Å². The fourth-order valence-electron chi connectivity index (χ4n) is 3.28. The summed E-state index contributed by atoms with van der Waals surface area (Å²) in [5.41, 5.74) is 0.614. The molecule has 2 amide bonds. The highest BCUT2D eigenvalue weighted by molar-refractivity contribution is 8.18. The van der Waals surface area contributed by atoms with Crippen LogP contribution in [0.15, 0.2) is 51.8 Å². The average Bonchev–Trinajstić information content (AvgIpc) is 3.45. The van der Waals surface area contributed by atoms with Gasteiger partial charge in [-0.3, -0.25) is 14.5 Å². The van der Waals surface area contributed by atoms with E-state index >= 15 is 0 Å². The van der Waals surface area contributed by atoms with Gasteiger partial charge in [0.05, 0.1) is 17.0 Å². The Morgan fingerprint density at radius 1 is 1.06 bits per heavy atom. The van der Waals surface area contributed by atoms with Crippen molar-refractivity contribution in [2.24, 2.45) is 0 Å². The number of carbonyl (C=O) groups excluding carboxylic acids is 2. The molecule has 162 valence electrons. The molecule has 0 bridgehead atoms. The second kappa shape index (κ2) is 7.99. The zero-order valence-electron chi connectivity index (χ0n) is 16.1. The molecule has 10 heteroatoms. The number of amides is 2. The van der Waals surface area contributed by atoms with Crippen molar-refractivity contribution in [1.82, 2.24) is 4.90 Å². The summed E-state index contributed by atoms with van der Waals surface area (Å²) in [5.74, 6) is -0.585. The Labute approximate surface area is 189 Å². The van der Waals surface area contributed by atoms with Crippen molar-refractivity contribution >= 4 is 40.6 Å². The van der Waals surface area contributed by atoms with Crippen molar-refractivity contribution in [3.8, 4) is 22.8 Å². The number of furan rings is 1. The van der Waals surface area contributed by atoms with Gasteiger partial charge in [-0.25, -0.2) is 8.78 Å². The van der Waals surface area contributed by atoms with Crippen LogP contribution in [-0.2, 0) is 11.3 Å². The quantitative estimate of drug-likeness (QED) is 0.441. The Kier molecular flexibility index (Phi) is 5.15. The van der Waals surface area contributed by atoms with E-state index in [0.29, 0.717) is 22.1 Å². The second-order valence-corrected chi connectivity index (χ2v) is 8.29. The first-order valence-electron chi connectivity index (χ1n) is 9.28. The van der Waals surface area contributed by atoms with Gasteiger partial charge in [-0.1, -0.05) is 11.6 Å². The van der Waals surface area contributed by atoms with E-state index < -0.39 is 22.8 Å². The van der Waals surface area contributed by atoms with Gasteiger partial charge >= 0.3 is 0 Å². The van der Waals surface area contributed by atoms with Crippen molar-refractivity contribution in [3.05, 3.63) is 75.4 Å². The first-order chi connectivity index (χ1) is 15.4. The SMILES string of the molecule is O=C1S/C(=C/c2ccc(-c3ccc(F)cc3F)o2)C(=O)N1Cc1cc2c(cc1Cl)OCO2. The van der Waals surface area contributed by atoms with Gasteiger partial charge < -0.3 is 13.9 Å². The molecule has 3 aromatic rings. The Bertz CT molecular complexity index is 1310. The standard InChI is InChI=1S/C22H12ClF2NO5S/c23-15-8-19-18(29-10-30-19)5-11(15)9-26-21(27)20(32-22(26)28)7-13-2-4-17(31-13)14-3-1-12(24)6-16(14)25/h1-8H,9-10H2/b20-7+. The molecule has 0 aliphatic carbocycles. The number of hydrogen-bond acceptors (Lipinski definition) is 6. The summed E-state index contributed by atoms with van der Waals surface area (Å²) in [5, 5.41) is -0.124. The number of benzene rings is 2. The van der Waals surface area contributed by atoms with Gasteiger partial charge in [0.2, 0.25) is 6.79 Å². The molecule has 32 heavy (non-hydrogen) atoms. The molecule has 5 rings (SSSR count). The lowest BCUT2D eigenvalue weighted by Gasteiger charge is -2.14. The van der Waals surface area contributed by atoms with Gasteiger partial charge in [0.1, 0.15) is 23.2 Å². The van der Waals surface area contributed by atoms with E-state index in [0.717, 1.165) is 28.8 Å². The van der Waals surface area contributed by atoms with Gasteiger partial charge in [0.25, 0.3) is 11.1 Å². The molecule has 0 unspecified atom stereocenters. The summed E-state index contributed by atoms with van der Waals surface area (Å²) in [6, 6.07) is 9.37. The minimum Gasteiger partial charge on any atom is -0.457 e. The molecule has 6 nitrogen and oxygen atoms in total. The van der Waals surface area contributed by atoms with Crippen molar-refractivity contribution < 1.29 is 32.3 Å². The topological polar surface area (TPSA) is 69.0 Å². The van der Waals surface area contributed by atoms with Crippen LogP contribution in [0.4, 0.5) is 13.6 Å². The fourth-order valence-corrected chi connectivity index (χ4v) is 4.31. The van der Waals surface area contributed by atoms with Gasteiger partial charge in [-0.15, -0.1) is 0 Å². The van der Waals surface area contributed by atoms with Crippen molar-refractivity contribution in [1.29, 1.82) is 0 Å². The molecule has 0 spiro atoms. The van der Waals surface area contributed by atoms with Crippen LogP contribution in [0.2, 0.25) is 5.02 Å². The van der Waals surface area contributed by atoms with E-state index in [4.69, 9.17) is 25.5 Å². The van der Waals surface area contributed by atoms with Crippen LogP contribution < -0.4 is 9.47 Å². The lowest BCUT2D eigenvalue weighted by atomic mass is 10.1. The first-order valence-corrected chi connectivity index (χ1v) is 10.5. The molecule has 3 heterocycles. The number of halogens is 3. The summed E-state index contributed by atoms with van der Waals surface area (Å²) >= 11 is 7.01. The van der Waals surface area contributed by atoms with Gasteiger partial charge in [0.15, 0.2) is 11.5 Å². The number of fused-ring (bicyclic) bond motifs is 1. The number of hydrogen-bond donors (Lipinski definition) is 0. The Hall–Kier alpha value is -3.30. The summed E-state index contributed by atoms with van der Waals surface area (Å²) in [4.78, 5) is 26.5. The molecule has 0 atom stereocenters. The highest BCUT2D eigenvalue weighted by Gasteiger charge is 2.36. The monoisotopic (exact) mass is 475 g/mol. The van der Waals surface area contributed by atoms with Crippen LogP contribution in [-0.4, -0.2) is 22.8 Å². The lowest BCUT2D eigenvalue weighted by Crippen LogP contribution is -2.27. The Morgan fingerprint density at radius 2 is 1.84 bits per heavy atom. The zero-order chi connectivity index (χ0) is 22.4. The number of ether oxygens (including phenoxy) is 2. The molecule has 2 aliphatic heterocycles. The highest BCUT2D eigenvalue weighted by atomic mass is 35.5. The van der Waals surface area contributed by atoms with Gasteiger partial charge in [0, 0.05) is 23.2 Å². The Morgan fingerprint density at radius 3 is 2.62 bits per heavy atom. The van der Waals surface area contributed by atoms with E-state index in [1.165, 1.54) is 24.3 Å². The molecule has 1 fully saturated rings. The predicted octanol–water partition coefficient (Wildman–Crippen LogP) is 5.84. The average molecular weight is 476 g/mol. The molecule has 0 radical (unpaired) electrons. The summed E-state index contributed by atoms with van der Waals surface area (Å²) < 4.78 is 43.3. The van der Waals surface area contributed by atoms with Crippen molar-refractivity contribution in [2.45, 2.75) is 6.54 Å². The van der Waals surface area contributed by atoms with Crippen LogP contribution in [0.25, 0.3) is 17.4 Å². The number of carbonyl (C=O) groups is 2. The zero-order valence-corrected chi connectivity index (χ0v) is 17.6. The van der Waals surface area contributed by atoms with E-state index in [-0.39, 0.29) is 35.3 Å². The maximum absolute atomic E-state index is 14.0. The maximum Gasteiger partial charge on any atom is 0.293 e. The van der Waals surface area contributed by atoms with Crippen LogP contribution in [0, 0.1) is 11.6 Å². The third-order valence-electron chi connectivity index (χ3n) is 4.84. The van der Waals surface area contributed by atoms with Crippen molar-refractivity contribution in [3.63, 3.8) is 0 Å². The maximum atomic E-state index is 14.0. The smallest absolute Gasteiger partial charge is 0.293 e. The van der Waals surface area contributed by atoms with Crippen molar-refractivity contribution in [2.75, 3.05) is 6.79 Å². The van der Waals surface area contributed by atoms with Crippen LogP contribution in [0.5, 0.6) is 11.5 Å². The summed E-state index contributed by atoms with van der Waals surface area (Å²) in [6.45, 7) is 0.0358. The normalized spacial score (nSPS) is 16.5. The molecular formula is C22H12ClF2NO5S. The van der Waals surface area contributed by atoms with Crippen LogP contribution in [0.3, 0.4) is 0 Å². The third kappa shape index (κ3) is 3.74. The minimum atomic E-state index is -0.771. The predicted molar refractivity (Wildman–Crippen MR) is 113 cm³/mol. The molecule has 0 saturated carbocycles. The molecule has 2 aliphatic rings. The largest absolute Gasteiger partial charge is 0.457 e. The number of thioether (sulfide) groups is 1. The molecule has 0 N–H and O–H groups in total. The fraction of sp³-hybridized carbons (Fsp3) is 0.0909. The first kappa shape index (κ1) is 20.6. The third-order valence-corrected chi connectivity index (χ3v) is 6.10. The van der Waals surface area contributed by atoms with Gasteiger partial charge in [-0.05, 0) is 47.7 Å². The van der Waals surface area contributed by atoms with E-state index in [1.54, 1.807) is 12.1 Å². The summed E-state index contributed by atoms with van der Waals surface area (Å²) in [7, 11) is 0. The van der Waals surface area contributed by atoms with Crippen LogP contribution >= 0.6 is 23.4 Å². The van der Waals surface area contributed by atoms with E-state index in [2.05, 4.69) is 0 Å². The number of nitrogens with zero attached hydrogens (tertiary/aromatic N) is 1. The molecule has 1 saturated heterocycles. The molecule has 1 aromatic heterocycles. The number of imide groups is 1. The van der Waals surface area contributed by atoms with Gasteiger partial charge in [-0.2, -0.15) is 0 Å². The van der Waals surface area contributed by atoms with E-state index in [1.807, 2.05) is 0 Å². The number of rotatable bonds is 4.